The van der Waals surface area contributed by atoms with Gasteiger partial charge in [0.25, 0.3) is 0 Å². The summed E-state index contributed by atoms with van der Waals surface area (Å²) in [7, 11) is 1.88. The molecule has 0 aliphatic carbocycles. The third-order valence-corrected chi connectivity index (χ3v) is 1.13. The fourth-order valence-electron chi connectivity index (χ4n) is 0.101. The molecule has 3 heteroatoms. The molecule has 0 unspecified atom stereocenters. The summed E-state index contributed by atoms with van der Waals surface area (Å²) in [5.41, 5.74) is 0. The van der Waals surface area contributed by atoms with Crippen LogP contribution in [-0.2, 0) is 0 Å². The van der Waals surface area contributed by atoms with Crippen molar-refractivity contribution in [3.05, 3.63) is 0 Å². The summed E-state index contributed by atoms with van der Waals surface area (Å²) in [5.74, 6) is 0. The van der Waals surface area contributed by atoms with Crippen LogP contribution < -0.4 is 0 Å². The van der Waals surface area contributed by atoms with E-state index >= 15 is 0 Å². The van der Waals surface area contributed by atoms with E-state index in [-0.39, 0.29) is 0 Å². The highest BCUT2D eigenvalue weighted by atomic mass is 79.9. The summed E-state index contributed by atoms with van der Waals surface area (Å²) in [6.07, 6.45) is 0. The number of halogens is 1. The normalized spacial score (nSPS) is 18.8. The summed E-state index contributed by atoms with van der Waals surface area (Å²) < 4.78 is 0.942. The third-order valence-electron chi connectivity index (χ3n) is 0.460. The first-order valence-corrected chi connectivity index (χ1v) is 2.08. The molecule has 0 saturated heterocycles. The lowest BCUT2D eigenvalue weighted by molar-refractivity contribution is 0.690. The predicted octanol–water partition coefficient (Wildman–Crippen LogP) is 0.598. The van der Waals surface area contributed by atoms with Gasteiger partial charge in [-0.05, 0) is 15.9 Å². The van der Waals surface area contributed by atoms with Crippen molar-refractivity contribution in [2.24, 2.45) is 5.10 Å². The van der Waals surface area contributed by atoms with Crippen LogP contribution in [0.25, 0.3) is 0 Å². The summed E-state index contributed by atoms with van der Waals surface area (Å²) >= 11 is 3.12. The molecule has 0 amide bonds. The fourth-order valence-corrected chi connectivity index (χ4v) is 0.339. The molecule has 0 fully saturated rings. The number of hydrogen-bond donors (Lipinski definition) is 0. The van der Waals surface area contributed by atoms with Crippen molar-refractivity contribution in [1.82, 2.24) is 5.01 Å². The Morgan fingerprint density at radius 2 is 2.20 bits per heavy atom. The number of hydrazone groups is 1. The fraction of sp³-hybridized carbons (Fsp3) is 0.500. The predicted molar refractivity (Wildman–Crippen MR) is 24.1 cm³/mol. The summed E-state index contributed by atoms with van der Waals surface area (Å²) in [5, 5.41) is 5.47. The molecule has 1 aliphatic heterocycles. The Hall–Kier alpha value is -0.0500. The largest absolute Gasteiger partial charge is 0.241 e. The minimum absolute atomic E-state index is 0.942. The number of rotatable bonds is 0. The first kappa shape index (κ1) is 3.15. The first-order chi connectivity index (χ1) is 2.30. The second-order valence-corrected chi connectivity index (χ2v) is 1.60. The van der Waals surface area contributed by atoms with E-state index in [1.807, 2.05) is 7.05 Å². The summed E-state index contributed by atoms with van der Waals surface area (Å²) in [4.78, 5) is 0. The van der Waals surface area contributed by atoms with Crippen LogP contribution in [0.3, 0.4) is 0 Å². The van der Waals surface area contributed by atoms with E-state index in [9.17, 15) is 0 Å². The Labute approximate surface area is 38.6 Å². The highest BCUT2D eigenvalue weighted by Crippen LogP contribution is 2.09. The van der Waals surface area contributed by atoms with Crippen molar-refractivity contribution in [3.63, 3.8) is 0 Å². The molecule has 1 heterocycles. The van der Waals surface area contributed by atoms with Gasteiger partial charge in [-0.2, -0.15) is 0 Å². The van der Waals surface area contributed by atoms with Gasteiger partial charge in [0.1, 0.15) is 0 Å². The molecular formula is C2H3BrN2. The minimum Gasteiger partial charge on any atom is -0.241 e. The van der Waals surface area contributed by atoms with Gasteiger partial charge in [0.05, 0.1) is 0 Å². The van der Waals surface area contributed by atoms with Crippen molar-refractivity contribution >= 4 is 20.7 Å². The summed E-state index contributed by atoms with van der Waals surface area (Å²) in [6.45, 7) is 0. The van der Waals surface area contributed by atoms with Crippen LogP contribution in [0.5, 0.6) is 0 Å². The second-order valence-electron chi connectivity index (χ2n) is 0.893. The van der Waals surface area contributed by atoms with E-state index < -0.39 is 0 Å². The molecule has 0 aromatic heterocycles. The van der Waals surface area contributed by atoms with Gasteiger partial charge >= 0.3 is 0 Å². The van der Waals surface area contributed by atoms with Gasteiger partial charge in [-0.25, -0.2) is 5.01 Å². The van der Waals surface area contributed by atoms with Crippen LogP contribution >= 0.6 is 15.9 Å². The quantitative estimate of drug-likeness (QED) is 0.444. The third kappa shape index (κ3) is 0.424. The smallest absolute Gasteiger partial charge is 0.212 e. The van der Waals surface area contributed by atoms with Gasteiger partial charge in [0.15, 0.2) is 0 Å². The van der Waals surface area contributed by atoms with Crippen LogP contribution in [0.15, 0.2) is 5.10 Å². The Morgan fingerprint density at radius 1 is 2.00 bits per heavy atom. The zero-order valence-corrected chi connectivity index (χ0v) is 4.36. The Bertz CT molecular complexity index is 77.7. The average Bonchev–Trinajstić information content (AvgIpc) is 1.79. The van der Waals surface area contributed by atoms with Gasteiger partial charge in [-0.15, -0.1) is 5.10 Å². The van der Waals surface area contributed by atoms with E-state index in [0.29, 0.717) is 0 Å². The maximum atomic E-state index is 3.72. The highest BCUT2D eigenvalue weighted by molar-refractivity contribution is 9.18. The standard InChI is InChI=1S/C2H3BrN2/c1-5-2(3)4-5/h1H3. The monoisotopic (exact) mass is 134 g/mol. The lowest BCUT2D eigenvalue weighted by atomic mass is 11.3. The van der Waals surface area contributed by atoms with Crippen molar-refractivity contribution in [2.45, 2.75) is 0 Å². The minimum atomic E-state index is 0.942. The number of hydrogen-bond acceptors (Lipinski definition) is 2. The Kier molecular flexibility index (Phi) is 0.449. The molecule has 0 spiro atoms. The van der Waals surface area contributed by atoms with Crippen molar-refractivity contribution in [1.29, 1.82) is 0 Å². The molecule has 1 rings (SSSR count). The Balaban J connectivity index is 2.38. The average molecular weight is 135 g/mol. The van der Waals surface area contributed by atoms with Gasteiger partial charge in [-0.1, -0.05) is 0 Å². The molecule has 0 aromatic carbocycles. The first-order valence-electron chi connectivity index (χ1n) is 1.28. The van der Waals surface area contributed by atoms with E-state index in [4.69, 9.17) is 0 Å². The SMILES string of the molecule is CN1N=C1Br. The Morgan fingerprint density at radius 3 is 2.20 bits per heavy atom. The van der Waals surface area contributed by atoms with Crippen molar-refractivity contribution in [3.8, 4) is 0 Å². The molecule has 5 heavy (non-hydrogen) atoms. The maximum Gasteiger partial charge on any atom is 0.212 e. The molecule has 1 aliphatic rings. The molecule has 0 radical (unpaired) electrons. The molecule has 0 atom stereocenters. The molecule has 0 bridgehead atoms. The molecule has 0 N–H and O–H groups in total. The van der Waals surface area contributed by atoms with Crippen LogP contribution in [0, 0.1) is 0 Å². The van der Waals surface area contributed by atoms with Crippen LogP contribution in [0.1, 0.15) is 0 Å². The van der Waals surface area contributed by atoms with E-state index in [2.05, 4.69) is 21.0 Å². The van der Waals surface area contributed by atoms with E-state index in [1.54, 1.807) is 5.01 Å². The van der Waals surface area contributed by atoms with E-state index in [1.165, 1.54) is 0 Å². The van der Waals surface area contributed by atoms with Gasteiger partial charge in [0, 0.05) is 7.05 Å². The lowest BCUT2D eigenvalue weighted by Gasteiger charge is -1.73. The molecule has 0 saturated carbocycles. The maximum absolute atomic E-state index is 3.72. The molecule has 2 nitrogen and oxygen atoms in total. The van der Waals surface area contributed by atoms with Gasteiger partial charge in [0.2, 0.25) is 4.74 Å². The highest BCUT2D eigenvalue weighted by Gasteiger charge is 2.11. The van der Waals surface area contributed by atoms with Crippen LogP contribution in [0.2, 0.25) is 0 Å². The second kappa shape index (κ2) is 0.712. The number of amidine groups is 1. The van der Waals surface area contributed by atoms with Gasteiger partial charge < -0.3 is 0 Å². The van der Waals surface area contributed by atoms with Gasteiger partial charge in [-0.3, -0.25) is 0 Å². The molecule has 28 valence electrons. The molecular weight excluding hydrogens is 132 g/mol. The van der Waals surface area contributed by atoms with Crippen molar-refractivity contribution in [2.75, 3.05) is 7.05 Å². The van der Waals surface area contributed by atoms with Crippen LogP contribution in [-0.4, -0.2) is 16.8 Å². The van der Waals surface area contributed by atoms with Crippen molar-refractivity contribution < 1.29 is 0 Å². The zero-order valence-electron chi connectivity index (χ0n) is 2.77. The van der Waals surface area contributed by atoms with Crippen LogP contribution in [0.4, 0.5) is 0 Å². The zero-order chi connectivity index (χ0) is 3.86. The lowest BCUT2D eigenvalue weighted by Crippen LogP contribution is -1.86. The summed E-state index contributed by atoms with van der Waals surface area (Å²) in [6, 6.07) is 0. The number of nitrogens with zero attached hydrogens (tertiary/aromatic N) is 2. The van der Waals surface area contributed by atoms with E-state index in [0.717, 1.165) is 4.74 Å². The topological polar surface area (TPSA) is 15.4 Å². The molecule has 0 aromatic rings.